The van der Waals surface area contributed by atoms with Crippen LogP contribution < -0.4 is 10.6 Å². The summed E-state index contributed by atoms with van der Waals surface area (Å²) in [6, 6.07) is 3.21. The molecule has 2 fully saturated rings. The highest BCUT2D eigenvalue weighted by Crippen LogP contribution is 2.27. The zero-order valence-electron chi connectivity index (χ0n) is 13.6. The predicted molar refractivity (Wildman–Crippen MR) is 85.2 cm³/mol. The minimum atomic E-state index is -0.816. The summed E-state index contributed by atoms with van der Waals surface area (Å²) in [5.41, 5.74) is -0.0225. The molecule has 2 aromatic rings. The van der Waals surface area contributed by atoms with Crippen molar-refractivity contribution in [1.82, 2.24) is 30.3 Å². The van der Waals surface area contributed by atoms with Crippen LogP contribution in [0.3, 0.4) is 0 Å². The molecule has 0 bridgehead atoms. The number of nitrogens with one attached hydrogen (secondary N) is 2. The molecule has 2 aliphatic heterocycles. The molecule has 130 valence electrons. The van der Waals surface area contributed by atoms with Crippen molar-refractivity contribution in [2.24, 2.45) is 0 Å². The summed E-state index contributed by atoms with van der Waals surface area (Å²) in [5.74, 6) is -0.216. The molecule has 2 aromatic heterocycles. The van der Waals surface area contributed by atoms with E-state index in [-0.39, 0.29) is 24.4 Å². The highest BCUT2D eigenvalue weighted by atomic mass is 19.1. The van der Waals surface area contributed by atoms with Crippen LogP contribution in [0.5, 0.6) is 0 Å². The maximum Gasteiger partial charge on any atom is 0.251 e. The minimum absolute atomic E-state index is 0.0217. The van der Waals surface area contributed by atoms with Gasteiger partial charge in [0.15, 0.2) is 11.6 Å². The first-order valence-electron chi connectivity index (χ1n) is 7.98. The molecule has 4 heterocycles. The maximum atomic E-state index is 13.1. The van der Waals surface area contributed by atoms with Crippen LogP contribution in [0.1, 0.15) is 18.5 Å². The summed E-state index contributed by atoms with van der Waals surface area (Å²) in [6.07, 6.45) is 3.96. The van der Waals surface area contributed by atoms with Crippen LogP contribution in [0.15, 0.2) is 30.7 Å². The third kappa shape index (κ3) is 2.56. The first kappa shape index (κ1) is 15.7. The predicted octanol–water partition coefficient (Wildman–Crippen LogP) is -0.232. The van der Waals surface area contributed by atoms with E-state index < -0.39 is 11.4 Å². The SMILES string of the molecule is C[C@@H](c1ccc(-n2cc(F)cn2)nc1)N1CC(=O)NC2(CNC2)C1=O. The van der Waals surface area contributed by atoms with E-state index in [1.165, 1.54) is 10.9 Å². The number of pyridine rings is 1. The van der Waals surface area contributed by atoms with Crippen molar-refractivity contribution in [1.29, 1.82) is 0 Å². The molecule has 2 saturated heterocycles. The quantitative estimate of drug-likeness (QED) is 0.802. The number of carbonyl (C=O) groups excluding carboxylic acids is 2. The molecule has 9 heteroatoms. The van der Waals surface area contributed by atoms with E-state index in [0.717, 1.165) is 11.8 Å². The molecule has 25 heavy (non-hydrogen) atoms. The molecule has 4 rings (SSSR count). The summed E-state index contributed by atoms with van der Waals surface area (Å²) in [7, 11) is 0. The Labute approximate surface area is 143 Å². The van der Waals surface area contributed by atoms with Crippen molar-refractivity contribution in [3.63, 3.8) is 0 Å². The van der Waals surface area contributed by atoms with Gasteiger partial charge in [-0.3, -0.25) is 9.59 Å². The Balaban J connectivity index is 1.56. The van der Waals surface area contributed by atoms with Gasteiger partial charge in [-0.2, -0.15) is 5.10 Å². The molecule has 2 aliphatic rings. The number of carbonyl (C=O) groups is 2. The molecule has 0 saturated carbocycles. The zero-order valence-corrected chi connectivity index (χ0v) is 13.6. The highest BCUT2D eigenvalue weighted by molar-refractivity contribution is 5.99. The molecule has 2 N–H and O–H groups in total. The van der Waals surface area contributed by atoms with E-state index in [1.54, 1.807) is 23.2 Å². The van der Waals surface area contributed by atoms with E-state index in [2.05, 4.69) is 20.7 Å². The van der Waals surface area contributed by atoms with Gasteiger partial charge in [-0.05, 0) is 18.6 Å². The Kier molecular flexibility index (Phi) is 3.53. The van der Waals surface area contributed by atoms with Gasteiger partial charge in [-0.15, -0.1) is 0 Å². The topological polar surface area (TPSA) is 92.2 Å². The van der Waals surface area contributed by atoms with E-state index in [9.17, 15) is 14.0 Å². The van der Waals surface area contributed by atoms with Crippen LogP contribution in [0.4, 0.5) is 4.39 Å². The van der Waals surface area contributed by atoms with Crippen molar-refractivity contribution in [3.05, 3.63) is 42.1 Å². The van der Waals surface area contributed by atoms with Gasteiger partial charge >= 0.3 is 0 Å². The van der Waals surface area contributed by atoms with Gasteiger partial charge in [0.25, 0.3) is 5.91 Å². The molecule has 1 spiro atoms. The van der Waals surface area contributed by atoms with Crippen LogP contribution in [0.2, 0.25) is 0 Å². The minimum Gasteiger partial charge on any atom is -0.338 e. The normalized spacial score (nSPS) is 20.3. The molecule has 8 nitrogen and oxygen atoms in total. The zero-order chi connectivity index (χ0) is 17.6. The van der Waals surface area contributed by atoms with Crippen LogP contribution in [0.25, 0.3) is 5.82 Å². The van der Waals surface area contributed by atoms with Gasteiger partial charge in [-0.25, -0.2) is 14.1 Å². The van der Waals surface area contributed by atoms with Crippen LogP contribution in [-0.2, 0) is 9.59 Å². The highest BCUT2D eigenvalue weighted by Gasteiger charge is 2.52. The lowest BCUT2D eigenvalue weighted by Gasteiger charge is -2.49. The second kappa shape index (κ2) is 5.62. The van der Waals surface area contributed by atoms with Crippen molar-refractivity contribution in [2.45, 2.75) is 18.5 Å². The third-order valence-corrected chi connectivity index (χ3v) is 4.72. The molecule has 0 radical (unpaired) electrons. The number of hydrogen-bond donors (Lipinski definition) is 2. The lowest BCUT2D eigenvalue weighted by atomic mass is 9.87. The Morgan fingerprint density at radius 2 is 2.08 bits per heavy atom. The summed E-state index contributed by atoms with van der Waals surface area (Å²) in [4.78, 5) is 30.6. The second-order valence-corrected chi connectivity index (χ2v) is 6.40. The third-order valence-electron chi connectivity index (χ3n) is 4.72. The Morgan fingerprint density at radius 3 is 2.64 bits per heavy atom. The summed E-state index contributed by atoms with van der Waals surface area (Å²) in [5, 5.41) is 9.69. The number of halogens is 1. The Morgan fingerprint density at radius 1 is 1.28 bits per heavy atom. The summed E-state index contributed by atoms with van der Waals surface area (Å²) < 4.78 is 14.4. The van der Waals surface area contributed by atoms with Gasteiger partial charge in [0.1, 0.15) is 12.1 Å². The summed E-state index contributed by atoms with van der Waals surface area (Å²) >= 11 is 0. The van der Waals surface area contributed by atoms with Crippen LogP contribution in [-0.4, -0.2) is 56.7 Å². The molecule has 2 amide bonds. The number of nitrogens with zero attached hydrogens (tertiary/aromatic N) is 4. The number of amides is 2. The standard InChI is InChI=1S/C16H17FN6O2/c1-10(22-7-14(24)21-16(15(22)25)8-18-9-16)11-2-3-13(19-4-11)23-6-12(17)5-20-23/h2-6,10,18H,7-9H2,1H3,(H,21,24)/t10-/m0/s1. The fraction of sp³-hybridized carbons (Fsp3) is 0.375. The second-order valence-electron chi connectivity index (χ2n) is 6.40. The average Bonchev–Trinajstić information content (AvgIpc) is 3.01. The largest absolute Gasteiger partial charge is 0.338 e. The molecule has 0 unspecified atom stereocenters. The molecular weight excluding hydrogens is 327 g/mol. The Bertz CT molecular complexity index is 829. The fourth-order valence-electron chi connectivity index (χ4n) is 3.17. The van der Waals surface area contributed by atoms with Crippen LogP contribution in [0, 0.1) is 5.82 Å². The van der Waals surface area contributed by atoms with Crippen LogP contribution >= 0.6 is 0 Å². The van der Waals surface area contributed by atoms with E-state index >= 15 is 0 Å². The first-order chi connectivity index (χ1) is 12.0. The molecule has 0 aliphatic carbocycles. The van der Waals surface area contributed by atoms with Gasteiger partial charge < -0.3 is 15.5 Å². The Hall–Kier alpha value is -2.81. The number of piperazine rings is 1. The number of hydrogen-bond acceptors (Lipinski definition) is 5. The van der Waals surface area contributed by atoms with Gasteiger partial charge in [-0.1, -0.05) is 6.07 Å². The van der Waals surface area contributed by atoms with E-state index in [1.807, 2.05) is 6.92 Å². The van der Waals surface area contributed by atoms with E-state index in [0.29, 0.717) is 18.9 Å². The van der Waals surface area contributed by atoms with E-state index in [4.69, 9.17) is 0 Å². The van der Waals surface area contributed by atoms with Gasteiger partial charge in [0, 0.05) is 19.3 Å². The summed E-state index contributed by atoms with van der Waals surface area (Å²) in [6.45, 7) is 2.78. The van der Waals surface area contributed by atoms with Crippen molar-refractivity contribution >= 4 is 11.8 Å². The number of rotatable bonds is 3. The lowest BCUT2D eigenvalue weighted by Crippen LogP contribution is -2.79. The average molecular weight is 344 g/mol. The monoisotopic (exact) mass is 344 g/mol. The van der Waals surface area contributed by atoms with Gasteiger partial charge in [0.2, 0.25) is 5.91 Å². The van der Waals surface area contributed by atoms with Gasteiger partial charge in [0.05, 0.1) is 18.4 Å². The first-order valence-corrected chi connectivity index (χ1v) is 7.98. The lowest BCUT2D eigenvalue weighted by molar-refractivity contribution is -0.154. The fourth-order valence-corrected chi connectivity index (χ4v) is 3.17. The van der Waals surface area contributed by atoms with Crippen molar-refractivity contribution in [2.75, 3.05) is 19.6 Å². The molecular formula is C16H17FN6O2. The van der Waals surface area contributed by atoms with Crippen molar-refractivity contribution in [3.8, 4) is 5.82 Å². The maximum absolute atomic E-state index is 13.1. The number of aromatic nitrogens is 3. The van der Waals surface area contributed by atoms with Crippen molar-refractivity contribution < 1.29 is 14.0 Å². The smallest absolute Gasteiger partial charge is 0.251 e. The molecule has 0 aromatic carbocycles. The molecule has 1 atom stereocenters.